The maximum absolute atomic E-state index is 5.78. The molecule has 0 saturated heterocycles. The molecule has 0 N–H and O–H groups in total. The third-order valence-electron chi connectivity index (χ3n) is 3.65. The summed E-state index contributed by atoms with van der Waals surface area (Å²) in [6.07, 6.45) is 0. The molecule has 0 fully saturated rings. The summed E-state index contributed by atoms with van der Waals surface area (Å²) in [5.41, 5.74) is 4.43. The summed E-state index contributed by atoms with van der Waals surface area (Å²) < 4.78 is 11.0. The smallest absolute Gasteiger partial charge is 0.264 e. The van der Waals surface area contributed by atoms with Gasteiger partial charge in [-0.25, -0.2) is 0 Å². The fourth-order valence-corrected chi connectivity index (χ4v) is 2.23. The molecule has 1 heterocycles. The number of aromatic nitrogens is 2. The molecular formula is C18H18N2O2. The molecule has 112 valence electrons. The van der Waals surface area contributed by atoms with Gasteiger partial charge in [-0.15, -0.1) is 0 Å². The van der Waals surface area contributed by atoms with Crippen molar-refractivity contribution < 1.29 is 9.26 Å². The lowest BCUT2D eigenvalue weighted by molar-refractivity contribution is 0.241. The molecule has 4 heteroatoms. The molecule has 2 aromatic carbocycles. The Morgan fingerprint density at radius 3 is 2.68 bits per heavy atom. The summed E-state index contributed by atoms with van der Waals surface area (Å²) in [5.74, 6) is 1.90. The van der Waals surface area contributed by atoms with E-state index in [2.05, 4.69) is 23.1 Å². The van der Waals surface area contributed by atoms with Crippen LogP contribution < -0.4 is 4.74 Å². The highest BCUT2D eigenvalue weighted by Gasteiger charge is 2.10. The highest BCUT2D eigenvalue weighted by Crippen LogP contribution is 2.22. The predicted octanol–water partition coefficient (Wildman–Crippen LogP) is 4.24. The summed E-state index contributed by atoms with van der Waals surface area (Å²) in [6, 6.07) is 14.0. The van der Waals surface area contributed by atoms with E-state index in [0.717, 1.165) is 22.4 Å². The van der Waals surface area contributed by atoms with Crippen molar-refractivity contribution in [3.8, 4) is 17.1 Å². The van der Waals surface area contributed by atoms with Gasteiger partial charge in [0.25, 0.3) is 5.89 Å². The van der Waals surface area contributed by atoms with E-state index in [0.29, 0.717) is 11.7 Å². The second-order valence-electron chi connectivity index (χ2n) is 5.37. The molecule has 3 aromatic rings. The molecule has 0 bridgehead atoms. The summed E-state index contributed by atoms with van der Waals surface area (Å²) in [5, 5.41) is 4.01. The van der Waals surface area contributed by atoms with E-state index < -0.39 is 0 Å². The first-order valence-electron chi connectivity index (χ1n) is 7.22. The van der Waals surface area contributed by atoms with Crippen molar-refractivity contribution in [2.45, 2.75) is 27.4 Å². The van der Waals surface area contributed by atoms with Gasteiger partial charge in [-0.3, -0.25) is 0 Å². The SMILES string of the molecule is Cc1cccc(-c2noc(COc3cccc(C)c3C)n2)c1. The molecule has 0 saturated carbocycles. The van der Waals surface area contributed by atoms with Gasteiger partial charge in [0.05, 0.1) is 0 Å². The van der Waals surface area contributed by atoms with Gasteiger partial charge in [-0.05, 0) is 44.0 Å². The molecular weight excluding hydrogens is 276 g/mol. The lowest BCUT2D eigenvalue weighted by atomic mass is 10.1. The Hall–Kier alpha value is -2.62. The van der Waals surface area contributed by atoms with Crippen molar-refractivity contribution in [1.82, 2.24) is 10.1 Å². The van der Waals surface area contributed by atoms with Gasteiger partial charge < -0.3 is 9.26 Å². The number of aryl methyl sites for hydroxylation is 2. The van der Waals surface area contributed by atoms with Crippen molar-refractivity contribution in [2.24, 2.45) is 0 Å². The van der Waals surface area contributed by atoms with Crippen LogP contribution in [0.5, 0.6) is 5.75 Å². The topological polar surface area (TPSA) is 48.2 Å². The zero-order chi connectivity index (χ0) is 15.5. The number of ether oxygens (including phenoxy) is 1. The van der Waals surface area contributed by atoms with Gasteiger partial charge in [-0.2, -0.15) is 4.98 Å². The number of hydrogen-bond donors (Lipinski definition) is 0. The summed E-state index contributed by atoms with van der Waals surface area (Å²) in [7, 11) is 0. The molecule has 22 heavy (non-hydrogen) atoms. The van der Waals surface area contributed by atoms with Gasteiger partial charge in [-0.1, -0.05) is 41.1 Å². The van der Waals surface area contributed by atoms with Crippen molar-refractivity contribution in [3.05, 3.63) is 65.0 Å². The number of hydrogen-bond acceptors (Lipinski definition) is 4. The van der Waals surface area contributed by atoms with E-state index in [1.54, 1.807) is 0 Å². The molecule has 0 aliphatic rings. The zero-order valence-corrected chi connectivity index (χ0v) is 13.0. The van der Waals surface area contributed by atoms with E-state index >= 15 is 0 Å². The fourth-order valence-electron chi connectivity index (χ4n) is 2.23. The molecule has 1 aromatic heterocycles. The highest BCUT2D eigenvalue weighted by atomic mass is 16.5. The van der Waals surface area contributed by atoms with E-state index in [9.17, 15) is 0 Å². The van der Waals surface area contributed by atoms with E-state index in [1.165, 1.54) is 5.56 Å². The van der Waals surface area contributed by atoms with Crippen LogP contribution in [-0.4, -0.2) is 10.1 Å². The Morgan fingerprint density at radius 2 is 1.86 bits per heavy atom. The van der Waals surface area contributed by atoms with E-state index in [1.807, 2.05) is 50.2 Å². The molecule has 0 radical (unpaired) electrons. The van der Waals surface area contributed by atoms with Crippen LogP contribution >= 0.6 is 0 Å². The van der Waals surface area contributed by atoms with Crippen molar-refractivity contribution >= 4 is 0 Å². The van der Waals surface area contributed by atoms with Crippen LogP contribution in [0.2, 0.25) is 0 Å². The number of benzene rings is 2. The molecule has 3 rings (SSSR count). The largest absolute Gasteiger partial charge is 0.483 e. The Bertz CT molecular complexity index is 793. The minimum Gasteiger partial charge on any atom is -0.483 e. The maximum Gasteiger partial charge on any atom is 0.264 e. The van der Waals surface area contributed by atoms with Gasteiger partial charge in [0.2, 0.25) is 5.82 Å². The Morgan fingerprint density at radius 1 is 1.05 bits per heavy atom. The molecule has 0 spiro atoms. The summed E-state index contributed by atoms with van der Waals surface area (Å²) >= 11 is 0. The van der Waals surface area contributed by atoms with Gasteiger partial charge >= 0.3 is 0 Å². The third-order valence-corrected chi connectivity index (χ3v) is 3.65. The highest BCUT2D eigenvalue weighted by molar-refractivity contribution is 5.55. The second kappa shape index (κ2) is 6.02. The Balaban J connectivity index is 1.73. The van der Waals surface area contributed by atoms with Crippen LogP contribution in [-0.2, 0) is 6.61 Å². The predicted molar refractivity (Wildman–Crippen MR) is 84.7 cm³/mol. The maximum atomic E-state index is 5.78. The molecule has 0 aliphatic carbocycles. The first-order chi connectivity index (χ1) is 10.6. The lowest BCUT2D eigenvalue weighted by Gasteiger charge is -2.08. The molecule has 0 amide bonds. The lowest BCUT2D eigenvalue weighted by Crippen LogP contribution is -1.98. The quantitative estimate of drug-likeness (QED) is 0.722. The number of nitrogens with zero attached hydrogens (tertiary/aromatic N) is 2. The molecule has 4 nitrogen and oxygen atoms in total. The van der Waals surface area contributed by atoms with Crippen LogP contribution in [0.25, 0.3) is 11.4 Å². The summed E-state index contributed by atoms with van der Waals surface area (Å²) in [4.78, 5) is 4.39. The van der Waals surface area contributed by atoms with Gasteiger partial charge in [0.1, 0.15) is 5.75 Å². The van der Waals surface area contributed by atoms with E-state index in [4.69, 9.17) is 9.26 Å². The average Bonchev–Trinajstić information content (AvgIpc) is 2.98. The van der Waals surface area contributed by atoms with Crippen LogP contribution in [0.1, 0.15) is 22.6 Å². The second-order valence-corrected chi connectivity index (χ2v) is 5.37. The molecule has 0 atom stereocenters. The van der Waals surface area contributed by atoms with Crippen LogP contribution in [0.4, 0.5) is 0 Å². The van der Waals surface area contributed by atoms with Crippen molar-refractivity contribution in [2.75, 3.05) is 0 Å². The van der Waals surface area contributed by atoms with Crippen LogP contribution in [0.15, 0.2) is 47.0 Å². The van der Waals surface area contributed by atoms with Crippen molar-refractivity contribution in [1.29, 1.82) is 0 Å². The van der Waals surface area contributed by atoms with Gasteiger partial charge in [0.15, 0.2) is 6.61 Å². The first-order valence-corrected chi connectivity index (χ1v) is 7.22. The number of rotatable bonds is 4. The first kappa shape index (κ1) is 14.3. The molecule has 0 unspecified atom stereocenters. The van der Waals surface area contributed by atoms with Gasteiger partial charge in [0, 0.05) is 5.56 Å². The normalized spacial score (nSPS) is 10.7. The van der Waals surface area contributed by atoms with Crippen molar-refractivity contribution in [3.63, 3.8) is 0 Å². The minimum atomic E-state index is 0.267. The minimum absolute atomic E-state index is 0.267. The third kappa shape index (κ3) is 3.01. The van der Waals surface area contributed by atoms with Crippen LogP contribution in [0, 0.1) is 20.8 Å². The average molecular weight is 294 g/mol. The fraction of sp³-hybridized carbons (Fsp3) is 0.222. The Kier molecular flexibility index (Phi) is 3.92. The molecule has 0 aliphatic heterocycles. The Labute approximate surface area is 129 Å². The van der Waals surface area contributed by atoms with E-state index in [-0.39, 0.29) is 6.61 Å². The zero-order valence-electron chi connectivity index (χ0n) is 13.0. The van der Waals surface area contributed by atoms with Crippen LogP contribution in [0.3, 0.4) is 0 Å². The standard InChI is InChI=1S/C18H18N2O2/c1-12-6-4-8-15(10-12)18-19-17(22-20-18)11-21-16-9-5-7-13(2)14(16)3/h4-10H,11H2,1-3H3. The summed E-state index contributed by atoms with van der Waals surface area (Å²) in [6.45, 7) is 6.40. The monoisotopic (exact) mass is 294 g/mol.